The van der Waals surface area contributed by atoms with Crippen molar-refractivity contribution < 1.29 is 13.9 Å². The molecule has 4 nitrogen and oxygen atoms in total. The molecule has 5 heteroatoms. The summed E-state index contributed by atoms with van der Waals surface area (Å²) in [6, 6.07) is 4.13. The third kappa shape index (κ3) is 1.45. The highest BCUT2D eigenvalue weighted by molar-refractivity contribution is 6.02. The number of halogens is 1. The van der Waals surface area contributed by atoms with Gasteiger partial charge in [0.2, 0.25) is 0 Å². The van der Waals surface area contributed by atoms with Crippen molar-refractivity contribution in [2.24, 2.45) is 7.05 Å². The molecule has 0 fully saturated rings. The topological polar surface area (TPSA) is 44.1 Å². The lowest BCUT2D eigenvalue weighted by Crippen LogP contribution is -2.03. The molecule has 1 aromatic carbocycles. The lowest BCUT2D eigenvalue weighted by Gasteiger charge is -1.94. The monoisotopic (exact) mass is 208 g/mol. The van der Waals surface area contributed by atoms with Gasteiger partial charge in [0.05, 0.1) is 12.6 Å². The molecule has 15 heavy (non-hydrogen) atoms. The van der Waals surface area contributed by atoms with Crippen LogP contribution in [0, 0.1) is 5.82 Å². The average molecular weight is 208 g/mol. The Morgan fingerprint density at radius 3 is 2.93 bits per heavy atom. The molecule has 0 aliphatic heterocycles. The first-order valence-corrected chi connectivity index (χ1v) is 4.34. The molecule has 78 valence electrons. The molecule has 0 unspecified atom stereocenters. The number of rotatable bonds is 1. The maximum Gasteiger partial charge on any atom is 0.359 e. The second-order valence-electron chi connectivity index (χ2n) is 3.13. The normalized spacial score (nSPS) is 10.6. The third-order valence-electron chi connectivity index (χ3n) is 2.19. The van der Waals surface area contributed by atoms with Gasteiger partial charge in [0.25, 0.3) is 0 Å². The number of ether oxygens (including phenoxy) is 1. The van der Waals surface area contributed by atoms with Crippen molar-refractivity contribution in [3.05, 3.63) is 29.7 Å². The van der Waals surface area contributed by atoms with Crippen LogP contribution in [0.25, 0.3) is 10.9 Å². The van der Waals surface area contributed by atoms with Gasteiger partial charge in [-0.05, 0) is 18.2 Å². The fourth-order valence-corrected chi connectivity index (χ4v) is 1.48. The van der Waals surface area contributed by atoms with Gasteiger partial charge in [-0.3, -0.25) is 4.68 Å². The van der Waals surface area contributed by atoms with Gasteiger partial charge >= 0.3 is 5.97 Å². The summed E-state index contributed by atoms with van der Waals surface area (Å²) in [5.41, 5.74) is 0.769. The number of hydrogen-bond donors (Lipinski definition) is 0. The van der Waals surface area contributed by atoms with Crippen LogP contribution in [0.5, 0.6) is 0 Å². The van der Waals surface area contributed by atoms with Crippen molar-refractivity contribution in [1.82, 2.24) is 9.78 Å². The first-order valence-electron chi connectivity index (χ1n) is 4.34. The van der Waals surface area contributed by atoms with Gasteiger partial charge in [-0.1, -0.05) is 0 Å². The Hall–Kier alpha value is -1.91. The molecule has 0 bridgehead atoms. The first-order chi connectivity index (χ1) is 7.13. The number of fused-ring (bicyclic) bond motifs is 1. The Labute approximate surface area is 85.3 Å². The van der Waals surface area contributed by atoms with Gasteiger partial charge in [0, 0.05) is 12.4 Å². The maximum atomic E-state index is 13.0. The summed E-state index contributed by atoms with van der Waals surface area (Å²) in [5, 5.41) is 4.57. The van der Waals surface area contributed by atoms with Crippen LogP contribution in [0.15, 0.2) is 18.2 Å². The van der Waals surface area contributed by atoms with E-state index in [0.29, 0.717) is 10.9 Å². The number of nitrogens with zero attached hydrogens (tertiary/aromatic N) is 2. The smallest absolute Gasteiger partial charge is 0.359 e. The van der Waals surface area contributed by atoms with E-state index in [0.717, 1.165) is 0 Å². The van der Waals surface area contributed by atoms with Crippen molar-refractivity contribution in [1.29, 1.82) is 0 Å². The Bertz CT molecular complexity index is 533. The number of aryl methyl sites for hydroxylation is 1. The molecule has 1 aromatic heterocycles. The summed E-state index contributed by atoms with van der Waals surface area (Å²) in [5.74, 6) is -0.880. The predicted molar refractivity (Wildman–Crippen MR) is 52.0 cm³/mol. The van der Waals surface area contributed by atoms with Gasteiger partial charge in [0.15, 0.2) is 5.69 Å². The van der Waals surface area contributed by atoms with E-state index in [1.165, 1.54) is 30.0 Å². The zero-order valence-electron chi connectivity index (χ0n) is 8.32. The highest BCUT2D eigenvalue weighted by Crippen LogP contribution is 2.19. The fourth-order valence-electron chi connectivity index (χ4n) is 1.48. The SMILES string of the molecule is COC(=O)c1nn(C)c2cc(F)ccc12. The maximum absolute atomic E-state index is 13.0. The van der Waals surface area contributed by atoms with Crippen LogP contribution in [0.3, 0.4) is 0 Å². The molecule has 0 radical (unpaired) electrons. The number of hydrogen-bond acceptors (Lipinski definition) is 3. The van der Waals surface area contributed by atoms with E-state index < -0.39 is 5.97 Å². The van der Waals surface area contributed by atoms with Gasteiger partial charge in [-0.2, -0.15) is 5.10 Å². The molecular weight excluding hydrogens is 199 g/mol. The molecule has 2 aromatic rings. The molecule has 0 N–H and O–H groups in total. The van der Waals surface area contributed by atoms with Crippen molar-refractivity contribution >= 4 is 16.9 Å². The molecule has 0 aliphatic rings. The van der Waals surface area contributed by atoms with Crippen LogP contribution >= 0.6 is 0 Å². The molecule has 0 saturated heterocycles. The molecule has 0 amide bonds. The van der Waals surface area contributed by atoms with E-state index in [1.807, 2.05) is 0 Å². The number of aromatic nitrogens is 2. The van der Waals surface area contributed by atoms with E-state index in [1.54, 1.807) is 7.05 Å². The lowest BCUT2D eigenvalue weighted by atomic mass is 10.2. The second-order valence-corrected chi connectivity index (χ2v) is 3.13. The summed E-state index contributed by atoms with van der Waals surface area (Å²) in [6.07, 6.45) is 0. The molecule has 0 spiro atoms. The number of carbonyl (C=O) groups excluding carboxylic acids is 1. The molecule has 2 rings (SSSR count). The molecule has 0 atom stereocenters. The average Bonchev–Trinajstić information content (AvgIpc) is 2.55. The molecule has 1 heterocycles. The summed E-state index contributed by atoms with van der Waals surface area (Å²) < 4.78 is 19.0. The standard InChI is InChI=1S/C10H9FN2O2/c1-13-8-5-6(11)3-4-7(8)9(12-13)10(14)15-2/h3-5H,1-2H3. The van der Waals surface area contributed by atoms with Crippen LogP contribution in [0.4, 0.5) is 4.39 Å². The number of benzene rings is 1. The fraction of sp³-hybridized carbons (Fsp3) is 0.200. The Morgan fingerprint density at radius 1 is 1.53 bits per heavy atom. The van der Waals surface area contributed by atoms with Crippen LogP contribution in [-0.4, -0.2) is 22.9 Å². The van der Waals surface area contributed by atoms with Crippen LogP contribution in [0.2, 0.25) is 0 Å². The van der Waals surface area contributed by atoms with E-state index in [2.05, 4.69) is 9.84 Å². The molecule has 0 aliphatic carbocycles. The van der Waals surface area contributed by atoms with Crippen molar-refractivity contribution in [2.75, 3.05) is 7.11 Å². The van der Waals surface area contributed by atoms with Crippen molar-refractivity contribution in [2.45, 2.75) is 0 Å². The van der Waals surface area contributed by atoms with Gasteiger partial charge < -0.3 is 4.74 Å². The van der Waals surface area contributed by atoms with Crippen molar-refractivity contribution in [3.63, 3.8) is 0 Å². The third-order valence-corrected chi connectivity index (χ3v) is 2.19. The molecule has 0 saturated carbocycles. The quantitative estimate of drug-likeness (QED) is 0.667. The zero-order chi connectivity index (χ0) is 11.0. The predicted octanol–water partition coefficient (Wildman–Crippen LogP) is 1.50. The largest absolute Gasteiger partial charge is 0.464 e. The summed E-state index contributed by atoms with van der Waals surface area (Å²) in [7, 11) is 2.93. The van der Waals surface area contributed by atoms with Gasteiger partial charge in [-0.15, -0.1) is 0 Å². The van der Waals surface area contributed by atoms with E-state index in [9.17, 15) is 9.18 Å². The first kappa shape index (κ1) is 9.64. The van der Waals surface area contributed by atoms with E-state index in [4.69, 9.17) is 0 Å². The van der Waals surface area contributed by atoms with Crippen LogP contribution in [0.1, 0.15) is 10.5 Å². The second kappa shape index (κ2) is 3.34. The summed E-state index contributed by atoms with van der Waals surface area (Å²) >= 11 is 0. The Kier molecular flexibility index (Phi) is 2.15. The minimum Gasteiger partial charge on any atom is -0.464 e. The zero-order valence-corrected chi connectivity index (χ0v) is 8.32. The van der Waals surface area contributed by atoms with Crippen molar-refractivity contribution in [3.8, 4) is 0 Å². The number of esters is 1. The van der Waals surface area contributed by atoms with Crippen LogP contribution < -0.4 is 0 Å². The van der Waals surface area contributed by atoms with E-state index in [-0.39, 0.29) is 11.5 Å². The Balaban J connectivity index is 2.73. The Morgan fingerprint density at radius 2 is 2.27 bits per heavy atom. The van der Waals surface area contributed by atoms with Gasteiger partial charge in [0.1, 0.15) is 5.82 Å². The number of carbonyl (C=O) groups is 1. The minimum absolute atomic E-state index is 0.204. The summed E-state index contributed by atoms with van der Waals surface area (Å²) in [4.78, 5) is 11.3. The lowest BCUT2D eigenvalue weighted by molar-refractivity contribution is 0.0595. The highest BCUT2D eigenvalue weighted by atomic mass is 19.1. The number of methoxy groups -OCH3 is 1. The molecular formula is C10H9FN2O2. The summed E-state index contributed by atoms with van der Waals surface area (Å²) in [6.45, 7) is 0. The van der Waals surface area contributed by atoms with Gasteiger partial charge in [-0.25, -0.2) is 9.18 Å². The van der Waals surface area contributed by atoms with E-state index >= 15 is 0 Å². The minimum atomic E-state index is -0.521. The highest BCUT2D eigenvalue weighted by Gasteiger charge is 2.16. The van der Waals surface area contributed by atoms with Crippen LogP contribution in [-0.2, 0) is 11.8 Å².